The molecule has 6 nitrogen and oxygen atoms in total. The number of tetrazole rings is 1. The number of hydrogen-bond donors (Lipinski definition) is 1. The number of aromatic nitrogens is 5. The van der Waals surface area contributed by atoms with Crippen LogP contribution in [-0.4, -0.2) is 25.3 Å². The first-order chi connectivity index (χ1) is 8.31. The molecule has 0 aliphatic carbocycles. The van der Waals surface area contributed by atoms with E-state index in [1.54, 1.807) is 11.3 Å². The van der Waals surface area contributed by atoms with E-state index in [1.165, 1.54) is 9.51 Å². The van der Waals surface area contributed by atoms with Crippen LogP contribution in [0.2, 0.25) is 0 Å². The maximum atomic E-state index is 4.22. The van der Waals surface area contributed by atoms with Gasteiger partial charge in [-0.2, -0.15) is 0 Å². The minimum absolute atomic E-state index is 0.634. The first-order valence-corrected chi connectivity index (χ1v) is 6.51. The van der Waals surface area contributed by atoms with Gasteiger partial charge in [0.1, 0.15) is 5.82 Å². The van der Waals surface area contributed by atoms with Crippen LogP contribution in [-0.2, 0) is 6.54 Å². The molecule has 0 radical (unpaired) electrons. The number of fused-ring (bicyclic) bond motifs is 1. The molecule has 0 atom stereocenters. The monoisotopic (exact) mass is 310 g/mol. The number of nitrogens with one attached hydrogen (secondary N) is 1. The second-order valence-corrected chi connectivity index (χ2v) is 5.24. The van der Waals surface area contributed by atoms with Crippen molar-refractivity contribution in [1.29, 1.82) is 0 Å². The Kier molecular flexibility index (Phi) is 2.73. The Morgan fingerprint density at radius 2 is 2.35 bits per heavy atom. The molecule has 0 aliphatic heterocycles. The molecule has 17 heavy (non-hydrogen) atoms. The lowest BCUT2D eigenvalue weighted by atomic mass is 10.4. The molecule has 1 N–H and O–H groups in total. The molecule has 0 aliphatic rings. The molecule has 3 aromatic heterocycles. The van der Waals surface area contributed by atoms with E-state index in [1.807, 2.05) is 12.1 Å². The fraction of sp³-hybridized carbons (Fsp3) is 0.111. The van der Waals surface area contributed by atoms with Crippen LogP contribution in [0.3, 0.4) is 0 Å². The molecule has 0 bridgehead atoms. The topological polar surface area (TPSA) is 68.0 Å². The standard InChI is InChI=1S/C9H7BrN6S/c10-6-3-7(17-5-6)4-11-8-1-2-9-12-14-15-16(9)13-8/h1-3,5H,4H2,(H,11,13). The summed E-state index contributed by atoms with van der Waals surface area (Å²) >= 11 is 5.11. The third-order valence-corrected chi connectivity index (χ3v) is 3.83. The van der Waals surface area contributed by atoms with Crippen molar-refractivity contribution in [2.75, 3.05) is 5.32 Å². The fourth-order valence-corrected chi connectivity index (χ4v) is 2.76. The average molecular weight is 311 g/mol. The van der Waals surface area contributed by atoms with Gasteiger partial charge in [-0.1, -0.05) is 0 Å². The van der Waals surface area contributed by atoms with E-state index in [-0.39, 0.29) is 0 Å². The number of nitrogens with zero attached hydrogens (tertiary/aromatic N) is 5. The third kappa shape index (κ3) is 2.27. The van der Waals surface area contributed by atoms with Gasteiger partial charge in [-0.15, -0.1) is 26.2 Å². The second-order valence-electron chi connectivity index (χ2n) is 3.33. The lowest BCUT2D eigenvalue weighted by molar-refractivity contribution is 0.734. The van der Waals surface area contributed by atoms with Gasteiger partial charge in [-0.05, 0) is 44.6 Å². The van der Waals surface area contributed by atoms with E-state index in [2.05, 4.69) is 53.3 Å². The van der Waals surface area contributed by atoms with Gasteiger partial charge in [0.05, 0.1) is 6.54 Å². The molecule has 3 aromatic rings. The number of hydrogen-bond acceptors (Lipinski definition) is 6. The second kappa shape index (κ2) is 4.38. The molecule has 3 rings (SSSR count). The molecular formula is C9H7BrN6S. The van der Waals surface area contributed by atoms with Gasteiger partial charge >= 0.3 is 0 Å². The summed E-state index contributed by atoms with van der Waals surface area (Å²) in [6.45, 7) is 0.733. The molecule has 0 saturated heterocycles. The predicted octanol–water partition coefficient (Wildman–Crippen LogP) is 1.96. The average Bonchev–Trinajstić information content (AvgIpc) is 2.94. The predicted molar refractivity (Wildman–Crippen MR) is 67.9 cm³/mol. The SMILES string of the molecule is Brc1csc(CNc2ccc3nnnn3n2)c1. The summed E-state index contributed by atoms with van der Waals surface area (Å²) in [4.78, 5) is 1.23. The molecule has 0 saturated carbocycles. The molecular weight excluding hydrogens is 304 g/mol. The van der Waals surface area contributed by atoms with Crippen molar-refractivity contribution < 1.29 is 0 Å². The Balaban J connectivity index is 1.76. The van der Waals surface area contributed by atoms with Crippen LogP contribution >= 0.6 is 27.3 Å². The van der Waals surface area contributed by atoms with Crippen molar-refractivity contribution in [3.63, 3.8) is 0 Å². The fourth-order valence-electron chi connectivity index (χ4n) is 1.37. The van der Waals surface area contributed by atoms with Crippen LogP contribution in [0.5, 0.6) is 0 Å². The molecule has 8 heteroatoms. The largest absolute Gasteiger partial charge is 0.364 e. The van der Waals surface area contributed by atoms with Gasteiger partial charge in [-0.25, -0.2) is 0 Å². The van der Waals surface area contributed by atoms with Crippen molar-refractivity contribution in [3.8, 4) is 0 Å². The van der Waals surface area contributed by atoms with Crippen molar-refractivity contribution in [2.24, 2.45) is 0 Å². The smallest absolute Gasteiger partial charge is 0.200 e. The molecule has 0 amide bonds. The summed E-state index contributed by atoms with van der Waals surface area (Å²) in [5.74, 6) is 0.745. The van der Waals surface area contributed by atoms with Crippen molar-refractivity contribution >= 4 is 38.7 Å². The molecule has 86 valence electrons. The van der Waals surface area contributed by atoms with Crippen molar-refractivity contribution in [3.05, 3.63) is 32.9 Å². The molecule has 0 aromatic carbocycles. The summed E-state index contributed by atoms with van der Waals surface area (Å²) in [5, 5.41) is 20.5. The van der Waals surface area contributed by atoms with E-state index in [0.29, 0.717) is 5.65 Å². The van der Waals surface area contributed by atoms with Crippen LogP contribution in [0.4, 0.5) is 5.82 Å². The maximum Gasteiger partial charge on any atom is 0.200 e. The summed E-state index contributed by atoms with van der Waals surface area (Å²) in [7, 11) is 0. The lowest BCUT2D eigenvalue weighted by Crippen LogP contribution is -2.03. The van der Waals surface area contributed by atoms with Crippen LogP contribution < -0.4 is 5.32 Å². The van der Waals surface area contributed by atoms with Crippen LogP contribution in [0.25, 0.3) is 5.65 Å². The van der Waals surface area contributed by atoms with E-state index >= 15 is 0 Å². The van der Waals surface area contributed by atoms with Crippen LogP contribution in [0.1, 0.15) is 4.88 Å². The Hall–Kier alpha value is -1.54. The number of rotatable bonds is 3. The molecule has 3 heterocycles. The highest BCUT2D eigenvalue weighted by Gasteiger charge is 2.01. The molecule has 0 spiro atoms. The van der Waals surface area contributed by atoms with Gasteiger partial charge in [-0.3, -0.25) is 0 Å². The normalized spacial score (nSPS) is 10.9. The molecule has 0 fully saturated rings. The number of thiophene rings is 1. The van der Waals surface area contributed by atoms with Gasteiger partial charge in [0.15, 0.2) is 5.65 Å². The Bertz CT molecular complexity index is 648. The first kappa shape index (κ1) is 10.6. The summed E-state index contributed by atoms with van der Waals surface area (Å²) in [6.07, 6.45) is 0. The zero-order chi connectivity index (χ0) is 11.7. The lowest BCUT2D eigenvalue weighted by Gasteiger charge is -2.02. The zero-order valence-corrected chi connectivity index (χ0v) is 10.9. The number of anilines is 1. The highest BCUT2D eigenvalue weighted by atomic mass is 79.9. The van der Waals surface area contributed by atoms with E-state index in [0.717, 1.165) is 16.8 Å². The van der Waals surface area contributed by atoms with Gasteiger partial charge in [0.25, 0.3) is 0 Å². The molecule has 0 unspecified atom stereocenters. The highest BCUT2D eigenvalue weighted by Crippen LogP contribution is 2.20. The highest BCUT2D eigenvalue weighted by molar-refractivity contribution is 9.10. The summed E-state index contributed by atoms with van der Waals surface area (Å²) < 4.78 is 2.50. The Labute approximate surface area is 109 Å². The van der Waals surface area contributed by atoms with Gasteiger partial charge in [0.2, 0.25) is 0 Å². The quantitative estimate of drug-likeness (QED) is 0.801. The first-order valence-electron chi connectivity index (χ1n) is 4.83. The van der Waals surface area contributed by atoms with Crippen molar-refractivity contribution in [2.45, 2.75) is 6.54 Å². The minimum Gasteiger partial charge on any atom is -0.364 e. The van der Waals surface area contributed by atoms with E-state index in [9.17, 15) is 0 Å². The minimum atomic E-state index is 0.634. The Morgan fingerprint density at radius 1 is 1.41 bits per heavy atom. The Morgan fingerprint density at radius 3 is 3.18 bits per heavy atom. The van der Waals surface area contributed by atoms with Gasteiger partial charge < -0.3 is 5.32 Å². The number of halogens is 1. The van der Waals surface area contributed by atoms with E-state index in [4.69, 9.17) is 0 Å². The summed E-state index contributed by atoms with van der Waals surface area (Å²) in [6, 6.07) is 5.75. The third-order valence-electron chi connectivity index (χ3n) is 2.14. The van der Waals surface area contributed by atoms with E-state index < -0.39 is 0 Å². The van der Waals surface area contributed by atoms with Crippen LogP contribution in [0.15, 0.2) is 28.1 Å². The zero-order valence-electron chi connectivity index (χ0n) is 8.54. The van der Waals surface area contributed by atoms with Crippen molar-refractivity contribution in [1.82, 2.24) is 25.3 Å². The maximum absolute atomic E-state index is 4.22. The van der Waals surface area contributed by atoms with Crippen LogP contribution in [0, 0.1) is 0 Å². The van der Waals surface area contributed by atoms with Gasteiger partial charge in [0, 0.05) is 14.7 Å². The summed E-state index contributed by atoms with van der Waals surface area (Å²) in [5.41, 5.74) is 0.634.